The molecular formula is C15H16N2OS. The predicted octanol–water partition coefficient (Wildman–Crippen LogP) is 2.74. The number of benzene rings is 1. The second-order valence-electron chi connectivity index (χ2n) is 4.04. The van der Waals surface area contributed by atoms with E-state index >= 15 is 0 Å². The Kier molecular flexibility index (Phi) is 5.44. The number of pyridine rings is 1. The summed E-state index contributed by atoms with van der Waals surface area (Å²) in [5.41, 5.74) is 1.92. The van der Waals surface area contributed by atoms with Gasteiger partial charge in [0, 0.05) is 30.4 Å². The lowest BCUT2D eigenvalue weighted by molar-refractivity contribution is 0.0956. The van der Waals surface area contributed by atoms with Crippen molar-refractivity contribution < 1.29 is 4.79 Å². The Morgan fingerprint density at radius 2 is 2.00 bits per heavy atom. The zero-order chi connectivity index (χ0) is 13.3. The van der Waals surface area contributed by atoms with Crippen LogP contribution in [0.15, 0.2) is 54.9 Å². The number of thioether (sulfide) groups is 1. The summed E-state index contributed by atoms with van der Waals surface area (Å²) in [6.45, 7) is 0.672. The van der Waals surface area contributed by atoms with E-state index in [4.69, 9.17) is 0 Å². The van der Waals surface area contributed by atoms with Crippen LogP contribution in [0.4, 0.5) is 0 Å². The average Bonchev–Trinajstić information content (AvgIpc) is 2.49. The van der Waals surface area contributed by atoms with Gasteiger partial charge in [0.05, 0.1) is 5.56 Å². The molecule has 19 heavy (non-hydrogen) atoms. The van der Waals surface area contributed by atoms with Crippen molar-refractivity contribution in [2.75, 3.05) is 12.3 Å². The van der Waals surface area contributed by atoms with Crippen LogP contribution in [0.25, 0.3) is 0 Å². The Labute approximate surface area is 117 Å². The molecule has 0 aliphatic heterocycles. The van der Waals surface area contributed by atoms with Gasteiger partial charge in [0.15, 0.2) is 0 Å². The third-order valence-corrected chi connectivity index (χ3v) is 3.60. The van der Waals surface area contributed by atoms with E-state index in [2.05, 4.69) is 22.4 Å². The van der Waals surface area contributed by atoms with Gasteiger partial charge in [-0.15, -0.1) is 0 Å². The van der Waals surface area contributed by atoms with Gasteiger partial charge in [0.25, 0.3) is 5.91 Å². The third kappa shape index (κ3) is 4.75. The summed E-state index contributed by atoms with van der Waals surface area (Å²) in [4.78, 5) is 15.6. The largest absolute Gasteiger partial charge is 0.351 e. The van der Waals surface area contributed by atoms with Gasteiger partial charge in [0.2, 0.25) is 0 Å². The van der Waals surface area contributed by atoms with E-state index in [0.29, 0.717) is 12.1 Å². The number of hydrogen-bond donors (Lipinski definition) is 1. The first-order valence-electron chi connectivity index (χ1n) is 6.16. The van der Waals surface area contributed by atoms with E-state index in [0.717, 1.165) is 11.5 Å². The zero-order valence-corrected chi connectivity index (χ0v) is 11.4. The molecule has 0 aliphatic rings. The maximum absolute atomic E-state index is 11.7. The second-order valence-corrected chi connectivity index (χ2v) is 5.14. The highest BCUT2D eigenvalue weighted by atomic mass is 32.2. The van der Waals surface area contributed by atoms with Crippen LogP contribution in [0.5, 0.6) is 0 Å². The number of rotatable bonds is 6. The van der Waals surface area contributed by atoms with Crippen molar-refractivity contribution >= 4 is 17.7 Å². The number of carbonyl (C=O) groups excluding carboxylic acids is 1. The van der Waals surface area contributed by atoms with E-state index in [1.165, 1.54) is 5.56 Å². The highest BCUT2D eigenvalue weighted by Gasteiger charge is 2.03. The quantitative estimate of drug-likeness (QED) is 0.822. The van der Waals surface area contributed by atoms with Gasteiger partial charge >= 0.3 is 0 Å². The first kappa shape index (κ1) is 13.6. The molecule has 0 radical (unpaired) electrons. The molecule has 0 bridgehead atoms. The van der Waals surface area contributed by atoms with Crippen LogP contribution in [0, 0.1) is 0 Å². The number of nitrogens with one attached hydrogen (secondary N) is 1. The molecule has 0 atom stereocenters. The second kappa shape index (κ2) is 7.59. The number of carbonyl (C=O) groups is 1. The molecule has 3 nitrogen and oxygen atoms in total. The van der Waals surface area contributed by atoms with Crippen molar-refractivity contribution in [3.8, 4) is 0 Å². The molecule has 2 rings (SSSR count). The van der Waals surface area contributed by atoms with Gasteiger partial charge < -0.3 is 5.32 Å². The molecule has 0 aliphatic carbocycles. The Hall–Kier alpha value is -1.81. The first-order valence-corrected chi connectivity index (χ1v) is 7.31. The molecule has 4 heteroatoms. The number of nitrogens with zero attached hydrogens (tertiary/aromatic N) is 1. The van der Waals surface area contributed by atoms with E-state index in [1.807, 2.05) is 30.0 Å². The van der Waals surface area contributed by atoms with Gasteiger partial charge in [-0.2, -0.15) is 11.8 Å². The molecule has 0 unspecified atom stereocenters. The van der Waals surface area contributed by atoms with Crippen LogP contribution in [-0.2, 0) is 5.75 Å². The zero-order valence-electron chi connectivity index (χ0n) is 10.6. The summed E-state index contributed by atoms with van der Waals surface area (Å²) in [5, 5.41) is 2.89. The fourth-order valence-corrected chi connectivity index (χ4v) is 2.42. The van der Waals surface area contributed by atoms with Crippen molar-refractivity contribution in [2.24, 2.45) is 0 Å². The maximum atomic E-state index is 11.7. The van der Waals surface area contributed by atoms with Crippen LogP contribution >= 0.6 is 11.8 Å². The van der Waals surface area contributed by atoms with Crippen LogP contribution in [0.2, 0.25) is 0 Å². The molecule has 1 aromatic heterocycles. The first-order chi connectivity index (χ1) is 9.36. The predicted molar refractivity (Wildman–Crippen MR) is 79.2 cm³/mol. The minimum Gasteiger partial charge on any atom is -0.351 e. The molecule has 1 amide bonds. The lowest BCUT2D eigenvalue weighted by Crippen LogP contribution is -2.25. The number of hydrogen-bond acceptors (Lipinski definition) is 3. The maximum Gasteiger partial charge on any atom is 0.252 e. The van der Waals surface area contributed by atoms with Crippen LogP contribution in [0.1, 0.15) is 15.9 Å². The summed E-state index contributed by atoms with van der Waals surface area (Å²) in [5.74, 6) is 1.82. The van der Waals surface area contributed by atoms with E-state index in [9.17, 15) is 4.79 Å². The van der Waals surface area contributed by atoms with E-state index in [-0.39, 0.29) is 5.91 Å². The van der Waals surface area contributed by atoms with E-state index in [1.54, 1.807) is 24.5 Å². The van der Waals surface area contributed by atoms with Crippen molar-refractivity contribution in [1.29, 1.82) is 0 Å². The molecule has 1 heterocycles. The number of amides is 1. The van der Waals surface area contributed by atoms with Gasteiger partial charge in [-0.05, 0) is 17.7 Å². The summed E-state index contributed by atoms with van der Waals surface area (Å²) >= 11 is 1.81. The lowest BCUT2D eigenvalue weighted by atomic mass is 10.2. The van der Waals surface area contributed by atoms with E-state index < -0.39 is 0 Å². The van der Waals surface area contributed by atoms with Crippen LogP contribution < -0.4 is 5.32 Å². The van der Waals surface area contributed by atoms with Crippen molar-refractivity contribution in [1.82, 2.24) is 10.3 Å². The molecule has 1 aromatic carbocycles. The highest BCUT2D eigenvalue weighted by molar-refractivity contribution is 7.98. The summed E-state index contributed by atoms with van der Waals surface area (Å²) < 4.78 is 0. The standard InChI is InChI=1S/C15H16N2OS/c18-15(14-7-4-8-16-11-14)17-9-10-19-12-13-5-2-1-3-6-13/h1-8,11H,9-10,12H2,(H,17,18). The average molecular weight is 272 g/mol. The number of aromatic nitrogens is 1. The highest BCUT2D eigenvalue weighted by Crippen LogP contribution is 2.10. The molecule has 0 saturated heterocycles. The van der Waals surface area contributed by atoms with Crippen molar-refractivity contribution in [2.45, 2.75) is 5.75 Å². The minimum absolute atomic E-state index is 0.0617. The molecule has 98 valence electrons. The van der Waals surface area contributed by atoms with Gasteiger partial charge in [-0.3, -0.25) is 9.78 Å². The monoisotopic (exact) mass is 272 g/mol. The fourth-order valence-electron chi connectivity index (χ4n) is 1.60. The molecule has 2 aromatic rings. The van der Waals surface area contributed by atoms with Crippen LogP contribution in [-0.4, -0.2) is 23.2 Å². The molecule has 0 spiro atoms. The minimum atomic E-state index is -0.0617. The summed E-state index contributed by atoms with van der Waals surface area (Å²) in [7, 11) is 0. The normalized spacial score (nSPS) is 10.1. The van der Waals surface area contributed by atoms with Gasteiger partial charge in [-0.1, -0.05) is 30.3 Å². The fraction of sp³-hybridized carbons (Fsp3) is 0.200. The smallest absolute Gasteiger partial charge is 0.252 e. The summed E-state index contributed by atoms with van der Waals surface area (Å²) in [6.07, 6.45) is 3.24. The third-order valence-electron chi connectivity index (χ3n) is 2.57. The molecular weight excluding hydrogens is 256 g/mol. The van der Waals surface area contributed by atoms with Crippen molar-refractivity contribution in [3.63, 3.8) is 0 Å². The lowest BCUT2D eigenvalue weighted by Gasteiger charge is -2.05. The Morgan fingerprint density at radius 3 is 2.74 bits per heavy atom. The Bertz CT molecular complexity index is 502. The molecule has 0 fully saturated rings. The van der Waals surface area contributed by atoms with Gasteiger partial charge in [-0.25, -0.2) is 0 Å². The van der Waals surface area contributed by atoms with Crippen molar-refractivity contribution in [3.05, 3.63) is 66.0 Å². The molecule has 1 N–H and O–H groups in total. The SMILES string of the molecule is O=C(NCCSCc1ccccc1)c1cccnc1. The van der Waals surface area contributed by atoms with Crippen LogP contribution in [0.3, 0.4) is 0 Å². The molecule has 0 saturated carbocycles. The Morgan fingerprint density at radius 1 is 1.16 bits per heavy atom. The van der Waals surface area contributed by atoms with Gasteiger partial charge in [0.1, 0.15) is 0 Å². The summed E-state index contributed by atoms with van der Waals surface area (Å²) in [6, 6.07) is 13.9. The topological polar surface area (TPSA) is 42.0 Å². The Balaban J connectivity index is 1.63.